The molecule has 3 aromatic carbocycles. The quantitative estimate of drug-likeness (QED) is 0.281. The van der Waals surface area contributed by atoms with Crippen molar-refractivity contribution in [3.63, 3.8) is 0 Å². The second-order valence-corrected chi connectivity index (χ2v) is 8.70. The zero-order chi connectivity index (χ0) is 23.0. The minimum absolute atomic E-state index is 0.00375. The fraction of sp³-hybridized carbons (Fsp3) is 0.148. The molecule has 0 aliphatic heterocycles. The summed E-state index contributed by atoms with van der Waals surface area (Å²) >= 11 is 1.72. The number of carbonyl (C=O) groups excluding carboxylic acids is 1. The molecule has 0 radical (unpaired) electrons. The summed E-state index contributed by atoms with van der Waals surface area (Å²) in [5.74, 6) is 0.437. The average Bonchev–Trinajstić information content (AvgIpc) is 3.28. The maximum atomic E-state index is 11.8. The van der Waals surface area contributed by atoms with E-state index in [9.17, 15) is 4.79 Å². The van der Waals surface area contributed by atoms with Crippen LogP contribution in [0.2, 0.25) is 0 Å². The highest BCUT2D eigenvalue weighted by molar-refractivity contribution is 7.16. The van der Waals surface area contributed by atoms with Crippen molar-refractivity contribution in [1.82, 2.24) is 0 Å². The molecule has 0 unspecified atom stereocenters. The summed E-state index contributed by atoms with van der Waals surface area (Å²) in [6.45, 7) is 0.442. The monoisotopic (exact) mass is 459 g/mol. The van der Waals surface area contributed by atoms with Gasteiger partial charge in [-0.05, 0) is 41.5 Å². The van der Waals surface area contributed by atoms with Crippen molar-refractivity contribution in [3.8, 4) is 27.3 Å². The standard InChI is InChI=1S/C27H25NO4S/c29-25(15-16-26(30)31)28-21-11-13-22(14-12-21)32-18-23-17-24(19-7-3-1-4-8-19)27(33-23)20-9-5-2-6-10-20/h1-14,17,26,30-31H,15-16,18H2,(H,28,29). The van der Waals surface area contributed by atoms with Crippen molar-refractivity contribution < 1.29 is 19.7 Å². The maximum Gasteiger partial charge on any atom is 0.224 e. The van der Waals surface area contributed by atoms with Gasteiger partial charge in [-0.15, -0.1) is 11.3 Å². The van der Waals surface area contributed by atoms with Gasteiger partial charge in [0, 0.05) is 33.8 Å². The molecule has 168 valence electrons. The Morgan fingerprint density at radius 1 is 0.879 bits per heavy atom. The average molecular weight is 460 g/mol. The number of benzene rings is 3. The van der Waals surface area contributed by atoms with Crippen molar-refractivity contribution in [2.75, 3.05) is 5.32 Å². The molecule has 4 aromatic rings. The normalized spacial score (nSPS) is 10.9. The highest BCUT2D eigenvalue weighted by atomic mass is 32.1. The van der Waals surface area contributed by atoms with Crippen molar-refractivity contribution >= 4 is 22.9 Å². The Labute approximate surface area is 196 Å². The van der Waals surface area contributed by atoms with E-state index in [-0.39, 0.29) is 18.7 Å². The minimum atomic E-state index is -1.48. The predicted molar refractivity (Wildman–Crippen MR) is 132 cm³/mol. The molecule has 1 amide bonds. The first-order chi connectivity index (χ1) is 16.1. The molecule has 3 N–H and O–H groups in total. The summed E-state index contributed by atoms with van der Waals surface area (Å²) in [6.07, 6.45) is -1.43. The zero-order valence-electron chi connectivity index (χ0n) is 18.0. The third kappa shape index (κ3) is 6.29. The highest BCUT2D eigenvalue weighted by Crippen LogP contribution is 2.39. The van der Waals surface area contributed by atoms with E-state index in [2.05, 4.69) is 35.6 Å². The lowest BCUT2D eigenvalue weighted by Crippen LogP contribution is -2.15. The predicted octanol–water partition coefficient (Wildman–Crippen LogP) is 5.69. The first-order valence-electron chi connectivity index (χ1n) is 10.7. The molecule has 0 atom stereocenters. The van der Waals surface area contributed by atoms with Gasteiger partial charge in [-0.1, -0.05) is 60.7 Å². The lowest BCUT2D eigenvalue weighted by Gasteiger charge is -2.08. The number of ether oxygens (including phenoxy) is 1. The molecule has 0 saturated heterocycles. The number of amides is 1. The van der Waals surface area contributed by atoms with Gasteiger partial charge in [0.05, 0.1) is 0 Å². The lowest BCUT2D eigenvalue weighted by atomic mass is 10.0. The first-order valence-corrected chi connectivity index (χ1v) is 11.5. The Morgan fingerprint density at radius 2 is 1.52 bits per heavy atom. The number of aliphatic hydroxyl groups is 2. The van der Waals surface area contributed by atoms with Crippen LogP contribution in [0.3, 0.4) is 0 Å². The third-order valence-electron chi connectivity index (χ3n) is 5.05. The second-order valence-electron chi connectivity index (χ2n) is 7.57. The number of thiophene rings is 1. The molecule has 5 nitrogen and oxygen atoms in total. The number of rotatable bonds is 9. The van der Waals surface area contributed by atoms with Crippen LogP contribution in [0.25, 0.3) is 21.6 Å². The molecule has 1 aromatic heterocycles. The van der Waals surface area contributed by atoms with Crippen molar-refractivity contribution in [2.45, 2.75) is 25.7 Å². The van der Waals surface area contributed by atoms with Crippen molar-refractivity contribution in [2.24, 2.45) is 0 Å². The van der Waals surface area contributed by atoms with E-state index in [1.165, 1.54) is 21.6 Å². The molecule has 0 spiro atoms. The summed E-state index contributed by atoms with van der Waals surface area (Å²) in [6, 6.07) is 30.0. The SMILES string of the molecule is O=C(CCC(O)O)Nc1ccc(OCc2cc(-c3ccccc3)c(-c3ccccc3)s2)cc1. The molecule has 0 aliphatic rings. The van der Waals surface area contributed by atoms with Crippen LogP contribution < -0.4 is 10.1 Å². The van der Waals surface area contributed by atoms with Gasteiger partial charge in [0.15, 0.2) is 6.29 Å². The van der Waals surface area contributed by atoms with E-state index in [1.54, 1.807) is 35.6 Å². The number of hydrogen-bond acceptors (Lipinski definition) is 5. The van der Waals surface area contributed by atoms with Gasteiger partial charge in [-0.25, -0.2) is 0 Å². The fourth-order valence-electron chi connectivity index (χ4n) is 3.42. The minimum Gasteiger partial charge on any atom is -0.488 e. The molecule has 1 heterocycles. The van der Waals surface area contributed by atoms with E-state index < -0.39 is 6.29 Å². The Balaban J connectivity index is 1.44. The molecule has 0 fully saturated rings. The Hall–Kier alpha value is -3.45. The molecule has 0 saturated carbocycles. The van der Waals surface area contributed by atoms with Crippen LogP contribution in [0, 0.1) is 0 Å². The summed E-state index contributed by atoms with van der Waals surface area (Å²) in [4.78, 5) is 14.2. The Morgan fingerprint density at radius 3 is 2.15 bits per heavy atom. The molecule has 0 aliphatic carbocycles. The number of anilines is 1. The van der Waals surface area contributed by atoms with Crippen LogP contribution in [0.4, 0.5) is 5.69 Å². The summed E-state index contributed by atoms with van der Waals surface area (Å²) in [5, 5.41) is 20.5. The van der Waals surface area contributed by atoms with Crippen molar-refractivity contribution in [3.05, 3.63) is 95.9 Å². The van der Waals surface area contributed by atoms with E-state index >= 15 is 0 Å². The molecular weight excluding hydrogens is 434 g/mol. The van der Waals surface area contributed by atoms with Gasteiger partial charge in [0.2, 0.25) is 5.91 Å². The van der Waals surface area contributed by atoms with Crippen LogP contribution in [0.15, 0.2) is 91.0 Å². The van der Waals surface area contributed by atoms with Crippen LogP contribution in [-0.2, 0) is 11.4 Å². The smallest absolute Gasteiger partial charge is 0.224 e. The van der Waals surface area contributed by atoms with Gasteiger partial charge in [-0.3, -0.25) is 4.79 Å². The lowest BCUT2D eigenvalue weighted by molar-refractivity contribution is -0.118. The van der Waals surface area contributed by atoms with Gasteiger partial charge < -0.3 is 20.3 Å². The Kier molecular flexibility index (Phi) is 7.52. The maximum absolute atomic E-state index is 11.8. The van der Waals surface area contributed by atoms with Gasteiger partial charge in [-0.2, -0.15) is 0 Å². The Bertz CT molecular complexity index is 1110. The third-order valence-corrected chi connectivity index (χ3v) is 6.21. The number of aliphatic hydroxyl groups excluding tert-OH is 1. The topological polar surface area (TPSA) is 78.8 Å². The molecule has 4 rings (SSSR count). The number of hydrogen-bond donors (Lipinski definition) is 3. The largest absolute Gasteiger partial charge is 0.488 e. The molecule has 33 heavy (non-hydrogen) atoms. The molecule has 6 heteroatoms. The first kappa shape index (κ1) is 22.7. The van der Waals surface area contributed by atoms with Crippen LogP contribution >= 0.6 is 11.3 Å². The number of nitrogens with one attached hydrogen (secondary N) is 1. The molecular formula is C27H25NO4S. The van der Waals surface area contributed by atoms with E-state index in [0.29, 0.717) is 18.0 Å². The second kappa shape index (κ2) is 10.9. The van der Waals surface area contributed by atoms with Crippen molar-refractivity contribution in [1.29, 1.82) is 0 Å². The molecule has 0 bridgehead atoms. The summed E-state index contributed by atoms with van der Waals surface area (Å²) in [7, 11) is 0. The number of carbonyl (C=O) groups is 1. The summed E-state index contributed by atoms with van der Waals surface area (Å²) in [5.41, 5.74) is 4.18. The highest BCUT2D eigenvalue weighted by Gasteiger charge is 2.13. The van der Waals surface area contributed by atoms with Crippen LogP contribution in [0.5, 0.6) is 5.75 Å². The van der Waals surface area contributed by atoms with E-state index in [4.69, 9.17) is 14.9 Å². The fourth-order valence-corrected chi connectivity index (χ4v) is 4.52. The van der Waals surface area contributed by atoms with Crippen LogP contribution in [-0.4, -0.2) is 22.4 Å². The summed E-state index contributed by atoms with van der Waals surface area (Å²) < 4.78 is 6.00. The van der Waals surface area contributed by atoms with Gasteiger partial charge in [0.1, 0.15) is 12.4 Å². The van der Waals surface area contributed by atoms with Gasteiger partial charge >= 0.3 is 0 Å². The van der Waals surface area contributed by atoms with E-state index in [0.717, 1.165) is 4.88 Å². The van der Waals surface area contributed by atoms with Crippen LogP contribution in [0.1, 0.15) is 17.7 Å². The zero-order valence-corrected chi connectivity index (χ0v) is 18.8. The van der Waals surface area contributed by atoms with E-state index in [1.807, 2.05) is 36.4 Å². The van der Waals surface area contributed by atoms with Gasteiger partial charge in [0.25, 0.3) is 0 Å².